The van der Waals surface area contributed by atoms with Gasteiger partial charge in [0.05, 0.1) is 12.0 Å². The molecule has 32 heavy (non-hydrogen) atoms. The Morgan fingerprint density at radius 2 is 1.69 bits per heavy atom. The summed E-state index contributed by atoms with van der Waals surface area (Å²) in [6.07, 6.45) is 4.07. The molecule has 0 spiro atoms. The van der Waals surface area contributed by atoms with E-state index in [9.17, 15) is 9.59 Å². The highest BCUT2D eigenvalue weighted by Gasteiger charge is 2.45. The fourth-order valence-electron chi connectivity index (χ4n) is 5.35. The minimum atomic E-state index is -0.382. The SMILES string of the molecule is CCCN(CCC)CCCNC(=O)[C@@H]1c2ccccc2C(=O)N2CCc3ccccc3[C@@H]12. The monoisotopic (exact) mass is 433 g/mol. The highest BCUT2D eigenvalue weighted by atomic mass is 16.2. The van der Waals surface area contributed by atoms with Gasteiger partial charge in [-0.2, -0.15) is 0 Å². The van der Waals surface area contributed by atoms with E-state index < -0.39 is 0 Å². The second-order valence-electron chi connectivity index (χ2n) is 8.94. The molecule has 2 aliphatic rings. The fourth-order valence-corrected chi connectivity index (χ4v) is 5.35. The quantitative estimate of drug-likeness (QED) is 0.605. The summed E-state index contributed by atoms with van der Waals surface area (Å²) in [5.41, 5.74) is 3.87. The molecule has 2 aromatic carbocycles. The van der Waals surface area contributed by atoms with Crippen molar-refractivity contribution < 1.29 is 9.59 Å². The Hall–Kier alpha value is -2.66. The molecular formula is C27H35N3O2. The van der Waals surface area contributed by atoms with Crippen molar-refractivity contribution in [3.05, 3.63) is 70.8 Å². The standard InChI is InChI=1S/C27H35N3O2/c1-3-16-29(17-4-2)18-9-15-28-26(31)24-22-12-7-8-13-23(22)27(32)30-19-14-20-10-5-6-11-21(20)25(24)30/h5-8,10-13,24-25H,3-4,9,14-19H2,1-2H3,(H,28,31)/t24-,25+/m1/s1. The molecule has 0 bridgehead atoms. The van der Waals surface area contributed by atoms with Crippen LogP contribution in [-0.2, 0) is 11.2 Å². The number of benzene rings is 2. The molecule has 5 heteroatoms. The third-order valence-electron chi connectivity index (χ3n) is 6.75. The van der Waals surface area contributed by atoms with E-state index in [0.29, 0.717) is 18.7 Å². The Bertz CT molecular complexity index is 951. The smallest absolute Gasteiger partial charge is 0.254 e. The number of nitrogens with one attached hydrogen (secondary N) is 1. The van der Waals surface area contributed by atoms with E-state index in [4.69, 9.17) is 0 Å². The van der Waals surface area contributed by atoms with Crippen LogP contribution in [-0.4, -0.2) is 54.3 Å². The molecule has 1 N–H and O–H groups in total. The second-order valence-corrected chi connectivity index (χ2v) is 8.94. The average molecular weight is 434 g/mol. The molecule has 5 nitrogen and oxygen atoms in total. The molecule has 0 saturated heterocycles. The van der Waals surface area contributed by atoms with E-state index in [1.807, 2.05) is 41.3 Å². The van der Waals surface area contributed by atoms with Crippen LogP contribution >= 0.6 is 0 Å². The van der Waals surface area contributed by atoms with Crippen molar-refractivity contribution >= 4 is 11.8 Å². The molecule has 2 heterocycles. The summed E-state index contributed by atoms with van der Waals surface area (Å²) in [7, 11) is 0. The van der Waals surface area contributed by atoms with Crippen LogP contribution in [0.1, 0.15) is 72.1 Å². The van der Waals surface area contributed by atoms with E-state index in [2.05, 4.69) is 36.2 Å². The van der Waals surface area contributed by atoms with E-state index >= 15 is 0 Å². The number of carbonyl (C=O) groups is 2. The van der Waals surface area contributed by atoms with Gasteiger partial charge in [0.1, 0.15) is 0 Å². The lowest BCUT2D eigenvalue weighted by Crippen LogP contribution is -2.50. The number of carbonyl (C=O) groups excluding carboxylic acids is 2. The third-order valence-corrected chi connectivity index (χ3v) is 6.75. The lowest BCUT2D eigenvalue weighted by atomic mass is 9.76. The van der Waals surface area contributed by atoms with Crippen LogP contribution in [0.3, 0.4) is 0 Å². The first-order chi connectivity index (χ1) is 15.7. The average Bonchev–Trinajstić information content (AvgIpc) is 2.82. The van der Waals surface area contributed by atoms with E-state index in [1.54, 1.807) is 0 Å². The summed E-state index contributed by atoms with van der Waals surface area (Å²) in [5, 5.41) is 3.21. The number of hydrogen-bond acceptors (Lipinski definition) is 3. The van der Waals surface area contributed by atoms with Gasteiger partial charge in [0.2, 0.25) is 5.91 Å². The zero-order chi connectivity index (χ0) is 22.5. The van der Waals surface area contributed by atoms with Crippen LogP contribution < -0.4 is 5.32 Å². The molecule has 2 atom stereocenters. The number of amides is 2. The summed E-state index contributed by atoms with van der Waals surface area (Å²) >= 11 is 0. The van der Waals surface area contributed by atoms with Crippen LogP contribution in [0.2, 0.25) is 0 Å². The van der Waals surface area contributed by atoms with Gasteiger partial charge in [-0.25, -0.2) is 0 Å². The molecule has 0 unspecified atom stereocenters. The van der Waals surface area contributed by atoms with Gasteiger partial charge in [0, 0.05) is 18.7 Å². The van der Waals surface area contributed by atoms with Crippen LogP contribution in [0.25, 0.3) is 0 Å². The lowest BCUT2D eigenvalue weighted by Gasteiger charge is -2.45. The normalized spacial score (nSPS) is 19.3. The van der Waals surface area contributed by atoms with Crippen molar-refractivity contribution in [3.8, 4) is 0 Å². The van der Waals surface area contributed by atoms with Crippen LogP contribution in [0.15, 0.2) is 48.5 Å². The Labute approximate surface area is 191 Å². The van der Waals surface area contributed by atoms with Crippen molar-refractivity contribution in [2.45, 2.75) is 51.5 Å². The number of fused-ring (bicyclic) bond motifs is 4. The summed E-state index contributed by atoms with van der Waals surface area (Å²) in [6.45, 7) is 8.94. The lowest BCUT2D eigenvalue weighted by molar-refractivity contribution is -0.124. The van der Waals surface area contributed by atoms with Gasteiger partial charge in [0.15, 0.2) is 0 Å². The minimum absolute atomic E-state index is 0.0224. The van der Waals surface area contributed by atoms with Gasteiger partial charge < -0.3 is 15.1 Å². The van der Waals surface area contributed by atoms with Crippen molar-refractivity contribution in [3.63, 3.8) is 0 Å². The number of hydrogen-bond donors (Lipinski definition) is 1. The Balaban J connectivity index is 1.55. The molecule has 0 aromatic heterocycles. The van der Waals surface area contributed by atoms with E-state index in [0.717, 1.165) is 56.4 Å². The first-order valence-corrected chi connectivity index (χ1v) is 12.1. The zero-order valence-corrected chi connectivity index (χ0v) is 19.3. The van der Waals surface area contributed by atoms with Crippen LogP contribution in [0, 0.1) is 0 Å². The second kappa shape index (κ2) is 10.3. The third kappa shape index (κ3) is 4.44. The highest BCUT2D eigenvalue weighted by molar-refractivity contribution is 6.01. The first-order valence-electron chi connectivity index (χ1n) is 12.1. The fraction of sp³-hybridized carbons (Fsp3) is 0.481. The topological polar surface area (TPSA) is 52.7 Å². The Morgan fingerprint density at radius 1 is 1.00 bits per heavy atom. The molecule has 2 aliphatic heterocycles. The highest BCUT2D eigenvalue weighted by Crippen LogP contribution is 2.45. The summed E-state index contributed by atoms with van der Waals surface area (Å²) in [4.78, 5) is 31.2. The predicted octanol–water partition coefficient (Wildman–Crippen LogP) is 4.15. The maximum absolute atomic E-state index is 13.6. The van der Waals surface area contributed by atoms with Crippen molar-refractivity contribution in [1.29, 1.82) is 0 Å². The van der Waals surface area contributed by atoms with Crippen molar-refractivity contribution in [2.75, 3.05) is 32.7 Å². The van der Waals surface area contributed by atoms with E-state index in [1.165, 1.54) is 5.56 Å². The molecule has 0 fully saturated rings. The van der Waals surface area contributed by atoms with Gasteiger partial charge in [-0.05, 0) is 68.1 Å². The van der Waals surface area contributed by atoms with Crippen LogP contribution in [0.4, 0.5) is 0 Å². The molecule has 170 valence electrons. The van der Waals surface area contributed by atoms with Crippen molar-refractivity contribution in [1.82, 2.24) is 15.1 Å². The molecule has 2 amide bonds. The summed E-state index contributed by atoms with van der Waals surface area (Å²) < 4.78 is 0. The largest absolute Gasteiger partial charge is 0.355 e. The first kappa shape index (κ1) is 22.5. The van der Waals surface area contributed by atoms with Gasteiger partial charge in [-0.1, -0.05) is 56.3 Å². The Morgan fingerprint density at radius 3 is 2.44 bits per heavy atom. The molecule has 0 radical (unpaired) electrons. The Kier molecular flexibility index (Phi) is 7.26. The van der Waals surface area contributed by atoms with Gasteiger partial charge in [-0.15, -0.1) is 0 Å². The zero-order valence-electron chi connectivity index (χ0n) is 19.3. The molecular weight excluding hydrogens is 398 g/mol. The maximum Gasteiger partial charge on any atom is 0.254 e. The number of nitrogens with zero attached hydrogens (tertiary/aromatic N) is 2. The maximum atomic E-state index is 13.6. The van der Waals surface area contributed by atoms with Crippen LogP contribution in [0.5, 0.6) is 0 Å². The molecule has 0 aliphatic carbocycles. The summed E-state index contributed by atoms with van der Waals surface area (Å²) in [5.74, 6) is -0.319. The predicted molar refractivity (Wildman–Crippen MR) is 128 cm³/mol. The van der Waals surface area contributed by atoms with Gasteiger partial charge in [0.25, 0.3) is 5.91 Å². The van der Waals surface area contributed by atoms with Gasteiger partial charge in [-0.3, -0.25) is 9.59 Å². The molecule has 0 saturated carbocycles. The van der Waals surface area contributed by atoms with Gasteiger partial charge >= 0.3 is 0 Å². The minimum Gasteiger partial charge on any atom is -0.355 e. The number of rotatable bonds is 9. The van der Waals surface area contributed by atoms with E-state index in [-0.39, 0.29) is 23.8 Å². The molecule has 2 aromatic rings. The molecule has 4 rings (SSSR count). The summed E-state index contributed by atoms with van der Waals surface area (Å²) in [6, 6.07) is 15.7. The van der Waals surface area contributed by atoms with Crippen molar-refractivity contribution in [2.24, 2.45) is 0 Å².